The van der Waals surface area contributed by atoms with Crippen LogP contribution in [0.2, 0.25) is 0 Å². The minimum Gasteiger partial charge on any atom is -0.489 e. The molecule has 0 spiro atoms. The number of nitrogens with zero attached hydrogens (tertiary/aromatic N) is 4. The molecule has 1 heterocycles. The Morgan fingerprint density at radius 2 is 1.96 bits per heavy atom. The molecule has 0 fully saturated rings. The molecule has 0 unspecified atom stereocenters. The van der Waals surface area contributed by atoms with E-state index in [-0.39, 0.29) is 0 Å². The maximum Gasteiger partial charge on any atom is 0.209 e. The van der Waals surface area contributed by atoms with Crippen LogP contribution in [0.4, 0.5) is 0 Å². The van der Waals surface area contributed by atoms with Crippen LogP contribution in [-0.4, -0.2) is 32.5 Å². The summed E-state index contributed by atoms with van der Waals surface area (Å²) in [6, 6.07) is 16.6. The maximum absolute atomic E-state index is 5.85. The molecular weight excluding hydrogens is 346 g/mol. The number of benzene rings is 2. The predicted octanol–water partition coefficient (Wildman–Crippen LogP) is 2.98. The average molecular weight is 369 g/mol. The van der Waals surface area contributed by atoms with Crippen molar-refractivity contribution in [3.8, 4) is 5.75 Å². The lowest BCUT2D eigenvalue weighted by molar-refractivity contribution is 0.306. The Bertz CT molecular complexity index is 819. The number of hydrogen-bond donors (Lipinski definition) is 1. The van der Waals surface area contributed by atoms with Gasteiger partial charge >= 0.3 is 0 Å². The second-order valence-corrected chi connectivity index (χ2v) is 7.09. The van der Waals surface area contributed by atoms with Gasteiger partial charge in [-0.1, -0.05) is 53.7 Å². The monoisotopic (exact) mass is 369 g/mol. The Morgan fingerprint density at radius 1 is 1.12 bits per heavy atom. The normalized spacial score (nSPS) is 10.8. The lowest BCUT2D eigenvalue weighted by Crippen LogP contribution is -2.16. The second-order valence-electron chi connectivity index (χ2n) is 6.03. The van der Waals surface area contributed by atoms with Crippen molar-refractivity contribution in [3.63, 3.8) is 0 Å². The molecule has 0 aliphatic carbocycles. The first kappa shape index (κ1) is 18.4. The molecule has 136 valence electrons. The highest BCUT2D eigenvalue weighted by Gasteiger charge is 2.02. The molecule has 0 atom stereocenters. The number of tetrazole rings is 1. The first-order chi connectivity index (χ1) is 12.7. The zero-order valence-electron chi connectivity index (χ0n) is 15.1. The maximum atomic E-state index is 5.85. The first-order valence-electron chi connectivity index (χ1n) is 8.54. The number of thioether (sulfide) groups is 1. The van der Waals surface area contributed by atoms with E-state index < -0.39 is 0 Å². The first-order valence-corrected chi connectivity index (χ1v) is 9.52. The fraction of sp³-hybridized carbons (Fsp3) is 0.316. The van der Waals surface area contributed by atoms with Gasteiger partial charge in [0, 0.05) is 25.9 Å². The Hall–Kier alpha value is -2.38. The van der Waals surface area contributed by atoms with E-state index in [9.17, 15) is 0 Å². The van der Waals surface area contributed by atoms with Crippen LogP contribution in [0.5, 0.6) is 5.75 Å². The molecule has 1 N–H and O–H groups in total. The van der Waals surface area contributed by atoms with Gasteiger partial charge in [-0.05, 0) is 40.6 Å². The summed E-state index contributed by atoms with van der Waals surface area (Å²) in [5.41, 5.74) is 3.67. The van der Waals surface area contributed by atoms with Crippen molar-refractivity contribution in [2.45, 2.75) is 25.2 Å². The van der Waals surface area contributed by atoms with Gasteiger partial charge in [0.2, 0.25) is 5.16 Å². The molecule has 3 rings (SSSR count). The Balaban J connectivity index is 1.37. The third kappa shape index (κ3) is 5.57. The summed E-state index contributed by atoms with van der Waals surface area (Å²) in [5, 5.41) is 15.6. The zero-order chi connectivity index (χ0) is 18.2. The summed E-state index contributed by atoms with van der Waals surface area (Å²) < 4.78 is 7.53. The fourth-order valence-corrected chi connectivity index (χ4v) is 3.21. The highest BCUT2D eigenvalue weighted by molar-refractivity contribution is 7.99. The van der Waals surface area contributed by atoms with Crippen molar-refractivity contribution in [1.82, 2.24) is 25.5 Å². The number of hydrogen-bond acceptors (Lipinski definition) is 6. The van der Waals surface area contributed by atoms with E-state index in [0.717, 1.165) is 29.7 Å². The van der Waals surface area contributed by atoms with E-state index in [4.69, 9.17) is 4.74 Å². The van der Waals surface area contributed by atoms with Gasteiger partial charge in [0.1, 0.15) is 12.4 Å². The summed E-state index contributed by atoms with van der Waals surface area (Å²) in [7, 11) is 1.85. The third-order valence-electron chi connectivity index (χ3n) is 3.83. The Kier molecular flexibility index (Phi) is 6.62. The molecule has 0 radical (unpaired) electrons. The SMILES string of the molecule is Cc1cccc(COc2ccc(CNCCSc3nnnn3C)cc2)c1. The Morgan fingerprint density at radius 3 is 2.69 bits per heavy atom. The molecule has 7 heteroatoms. The molecule has 0 aliphatic rings. The summed E-state index contributed by atoms with van der Waals surface area (Å²) in [4.78, 5) is 0. The summed E-state index contributed by atoms with van der Waals surface area (Å²) in [6.45, 7) is 4.40. The molecule has 6 nitrogen and oxygen atoms in total. The highest BCUT2D eigenvalue weighted by Crippen LogP contribution is 2.15. The minimum absolute atomic E-state index is 0.591. The zero-order valence-corrected chi connectivity index (χ0v) is 15.9. The lowest BCUT2D eigenvalue weighted by atomic mass is 10.1. The third-order valence-corrected chi connectivity index (χ3v) is 4.84. The number of aromatic nitrogens is 4. The number of aryl methyl sites for hydroxylation is 2. The average Bonchev–Trinajstić information content (AvgIpc) is 3.06. The molecule has 2 aromatic carbocycles. The Labute approximate surface area is 158 Å². The van der Waals surface area contributed by atoms with Gasteiger partial charge in [0.05, 0.1) is 0 Å². The van der Waals surface area contributed by atoms with Gasteiger partial charge in [-0.15, -0.1) is 5.10 Å². The van der Waals surface area contributed by atoms with Gasteiger partial charge in [-0.25, -0.2) is 4.68 Å². The van der Waals surface area contributed by atoms with Crippen LogP contribution in [0, 0.1) is 6.92 Å². The summed E-state index contributed by atoms with van der Waals surface area (Å²) >= 11 is 1.64. The van der Waals surface area contributed by atoms with E-state index in [1.807, 2.05) is 19.2 Å². The topological polar surface area (TPSA) is 64.9 Å². The molecule has 0 amide bonds. The fourth-order valence-electron chi connectivity index (χ4n) is 2.46. The molecule has 0 aliphatic heterocycles. The number of rotatable bonds is 9. The quantitative estimate of drug-likeness (QED) is 0.462. The van der Waals surface area contributed by atoms with Gasteiger partial charge in [-0.2, -0.15) is 0 Å². The van der Waals surface area contributed by atoms with Crippen molar-refractivity contribution in [3.05, 3.63) is 65.2 Å². The van der Waals surface area contributed by atoms with Crippen molar-refractivity contribution in [2.24, 2.45) is 7.05 Å². The van der Waals surface area contributed by atoms with E-state index >= 15 is 0 Å². The van der Waals surface area contributed by atoms with Crippen molar-refractivity contribution in [1.29, 1.82) is 0 Å². The molecule has 1 aromatic heterocycles. The highest BCUT2D eigenvalue weighted by atomic mass is 32.2. The van der Waals surface area contributed by atoms with Crippen LogP contribution in [0.1, 0.15) is 16.7 Å². The van der Waals surface area contributed by atoms with Crippen molar-refractivity contribution < 1.29 is 4.74 Å². The molecule has 3 aromatic rings. The van der Waals surface area contributed by atoms with Crippen LogP contribution in [0.15, 0.2) is 53.7 Å². The van der Waals surface area contributed by atoms with Crippen LogP contribution < -0.4 is 10.1 Å². The van der Waals surface area contributed by atoms with Crippen molar-refractivity contribution in [2.75, 3.05) is 12.3 Å². The molecule has 0 saturated heterocycles. The van der Waals surface area contributed by atoms with Gasteiger partial charge in [-0.3, -0.25) is 0 Å². The van der Waals surface area contributed by atoms with E-state index in [0.29, 0.717) is 6.61 Å². The van der Waals surface area contributed by atoms with Gasteiger partial charge in [0.25, 0.3) is 0 Å². The van der Waals surface area contributed by atoms with E-state index in [2.05, 4.69) is 64.2 Å². The predicted molar refractivity (Wildman–Crippen MR) is 103 cm³/mol. The van der Waals surface area contributed by atoms with Gasteiger partial charge < -0.3 is 10.1 Å². The van der Waals surface area contributed by atoms with E-state index in [1.165, 1.54) is 16.7 Å². The standard InChI is InChI=1S/C19H23N5OS/c1-15-4-3-5-17(12-15)14-25-18-8-6-16(7-9-18)13-20-10-11-26-19-21-22-23-24(19)2/h3-9,12,20H,10-11,13-14H2,1-2H3. The molecule has 26 heavy (non-hydrogen) atoms. The van der Waals surface area contributed by atoms with Crippen LogP contribution in [-0.2, 0) is 20.2 Å². The minimum atomic E-state index is 0.591. The van der Waals surface area contributed by atoms with Crippen LogP contribution in [0.3, 0.4) is 0 Å². The van der Waals surface area contributed by atoms with Crippen molar-refractivity contribution >= 4 is 11.8 Å². The van der Waals surface area contributed by atoms with Gasteiger partial charge in [0.15, 0.2) is 0 Å². The molecule has 0 bridgehead atoms. The van der Waals surface area contributed by atoms with E-state index in [1.54, 1.807) is 16.4 Å². The number of nitrogens with one attached hydrogen (secondary N) is 1. The smallest absolute Gasteiger partial charge is 0.209 e. The lowest BCUT2D eigenvalue weighted by Gasteiger charge is -2.09. The van der Waals surface area contributed by atoms with Crippen LogP contribution >= 0.6 is 11.8 Å². The summed E-state index contributed by atoms with van der Waals surface area (Å²) in [5.74, 6) is 1.81. The number of ether oxygens (including phenoxy) is 1. The second kappa shape index (κ2) is 9.35. The van der Waals surface area contributed by atoms with Crippen LogP contribution in [0.25, 0.3) is 0 Å². The summed E-state index contributed by atoms with van der Waals surface area (Å²) in [6.07, 6.45) is 0. The molecular formula is C19H23N5OS. The molecule has 0 saturated carbocycles. The largest absolute Gasteiger partial charge is 0.489 e.